The third-order valence-corrected chi connectivity index (χ3v) is 6.34. The number of hydrogen-bond donors (Lipinski definition) is 2. The molecule has 4 nitrogen and oxygen atoms in total. The van der Waals surface area contributed by atoms with Crippen LogP contribution in [0.4, 0.5) is 0 Å². The highest BCUT2D eigenvalue weighted by molar-refractivity contribution is 8.00. The highest BCUT2D eigenvalue weighted by atomic mass is 35.5. The number of para-hydroxylation sites is 2. The zero-order chi connectivity index (χ0) is 20.8. The van der Waals surface area contributed by atoms with Crippen molar-refractivity contribution in [2.45, 2.75) is 11.7 Å². The molecule has 1 amide bonds. The Kier molecular flexibility index (Phi) is 6.72. The van der Waals surface area contributed by atoms with Gasteiger partial charge in [-0.15, -0.1) is 11.8 Å². The highest BCUT2D eigenvalue weighted by Gasteiger charge is 2.16. The van der Waals surface area contributed by atoms with E-state index in [1.807, 2.05) is 66.7 Å². The van der Waals surface area contributed by atoms with Crippen LogP contribution in [0.2, 0.25) is 5.02 Å². The topological polar surface area (TPSA) is 57.8 Å². The average molecular weight is 436 g/mol. The number of benzene rings is 3. The fraction of sp³-hybridized carbons (Fsp3) is 0.167. The molecule has 1 aromatic heterocycles. The van der Waals surface area contributed by atoms with Crippen molar-refractivity contribution >= 4 is 40.3 Å². The van der Waals surface area contributed by atoms with Crippen LogP contribution in [0.5, 0.6) is 0 Å². The molecular weight excluding hydrogens is 414 g/mol. The van der Waals surface area contributed by atoms with Gasteiger partial charge in [-0.3, -0.25) is 4.79 Å². The first-order valence-electron chi connectivity index (χ1n) is 9.81. The lowest BCUT2D eigenvalue weighted by atomic mass is 10.0. The molecule has 4 rings (SSSR count). The van der Waals surface area contributed by atoms with Crippen molar-refractivity contribution in [1.82, 2.24) is 15.3 Å². The molecule has 6 heteroatoms. The van der Waals surface area contributed by atoms with Crippen LogP contribution in [-0.2, 0) is 11.2 Å². The van der Waals surface area contributed by atoms with Gasteiger partial charge in [-0.1, -0.05) is 66.2 Å². The van der Waals surface area contributed by atoms with Gasteiger partial charge in [-0.05, 0) is 35.4 Å². The molecule has 152 valence electrons. The normalized spacial score (nSPS) is 12.0. The lowest BCUT2D eigenvalue weighted by molar-refractivity contribution is -0.118. The van der Waals surface area contributed by atoms with Gasteiger partial charge in [0, 0.05) is 18.0 Å². The Bertz CT molecular complexity index is 1080. The Hall–Kier alpha value is -2.76. The van der Waals surface area contributed by atoms with Crippen LogP contribution in [-0.4, -0.2) is 28.2 Å². The number of thioether (sulfide) groups is 1. The van der Waals surface area contributed by atoms with Crippen LogP contribution < -0.4 is 5.32 Å². The number of amides is 1. The van der Waals surface area contributed by atoms with E-state index >= 15 is 0 Å². The molecule has 1 heterocycles. The number of carbonyl (C=O) groups is 1. The first kappa shape index (κ1) is 20.5. The molecule has 1 atom stereocenters. The molecule has 2 N–H and O–H groups in total. The number of H-pyrrole nitrogens is 1. The lowest BCUT2D eigenvalue weighted by Gasteiger charge is -2.17. The van der Waals surface area contributed by atoms with E-state index in [4.69, 9.17) is 11.6 Å². The molecule has 0 saturated carbocycles. The van der Waals surface area contributed by atoms with Gasteiger partial charge in [0.2, 0.25) is 5.91 Å². The molecule has 0 fully saturated rings. The van der Waals surface area contributed by atoms with Gasteiger partial charge in [0.15, 0.2) is 0 Å². The smallest absolute Gasteiger partial charge is 0.230 e. The van der Waals surface area contributed by atoms with Crippen molar-refractivity contribution in [2.24, 2.45) is 0 Å². The number of carbonyl (C=O) groups excluding carboxylic acids is 1. The van der Waals surface area contributed by atoms with Crippen LogP contribution >= 0.6 is 23.4 Å². The molecule has 0 aliphatic carbocycles. The molecule has 0 radical (unpaired) electrons. The summed E-state index contributed by atoms with van der Waals surface area (Å²) < 4.78 is 0. The van der Waals surface area contributed by atoms with Gasteiger partial charge < -0.3 is 10.3 Å². The fourth-order valence-electron chi connectivity index (χ4n) is 3.30. The first-order chi connectivity index (χ1) is 14.7. The van der Waals surface area contributed by atoms with Crippen molar-refractivity contribution in [1.29, 1.82) is 0 Å². The average Bonchev–Trinajstić information content (AvgIpc) is 3.19. The van der Waals surface area contributed by atoms with E-state index in [0.717, 1.165) is 22.4 Å². The zero-order valence-corrected chi connectivity index (χ0v) is 17.9. The minimum absolute atomic E-state index is 0.0194. The number of aromatic nitrogens is 2. The minimum atomic E-state index is 0.0194. The Morgan fingerprint density at radius 1 is 0.967 bits per heavy atom. The molecular formula is C24H22ClN3OS. The molecule has 0 saturated heterocycles. The largest absolute Gasteiger partial charge is 0.355 e. The maximum atomic E-state index is 12.4. The van der Waals surface area contributed by atoms with Crippen LogP contribution in [0.3, 0.4) is 0 Å². The SMILES string of the molecule is O=C(CSC(c1ccccc1)c1ccc(Cl)cc1)NCCc1nc2ccccc2[nH]1. The number of nitrogens with one attached hydrogen (secondary N) is 2. The summed E-state index contributed by atoms with van der Waals surface area (Å²) in [5.74, 6) is 1.28. The van der Waals surface area contributed by atoms with E-state index in [0.29, 0.717) is 23.7 Å². The van der Waals surface area contributed by atoms with Crippen LogP contribution in [0, 0.1) is 0 Å². The van der Waals surface area contributed by atoms with Crippen LogP contribution in [0.25, 0.3) is 11.0 Å². The maximum absolute atomic E-state index is 12.4. The van der Waals surface area contributed by atoms with Crippen molar-refractivity contribution in [3.8, 4) is 0 Å². The number of hydrogen-bond acceptors (Lipinski definition) is 3. The molecule has 3 aromatic carbocycles. The first-order valence-corrected chi connectivity index (χ1v) is 11.2. The van der Waals surface area contributed by atoms with Gasteiger partial charge in [0.05, 0.1) is 22.0 Å². The van der Waals surface area contributed by atoms with Crippen molar-refractivity contribution in [2.75, 3.05) is 12.3 Å². The van der Waals surface area contributed by atoms with Crippen molar-refractivity contribution in [3.05, 3.63) is 101 Å². The van der Waals surface area contributed by atoms with Crippen LogP contribution in [0.1, 0.15) is 22.2 Å². The summed E-state index contributed by atoms with van der Waals surface area (Å²) in [5, 5.41) is 3.78. The fourth-order valence-corrected chi connectivity index (χ4v) is 4.55. The predicted octanol–water partition coefficient (Wildman–Crippen LogP) is 5.40. The molecule has 0 aliphatic rings. The monoisotopic (exact) mass is 435 g/mol. The summed E-state index contributed by atoms with van der Waals surface area (Å²) in [6, 6.07) is 26.0. The summed E-state index contributed by atoms with van der Waals surface area (Å²) in [6.07, 6.45) is 0.671. The van der Waals surface area contributed by atoms with Crippen molar-refractivity contribution < 1.29 is 4.79 Å². The third kappa shape index (κ3) is 5.23. The van der Waals surface area contributed by atoms with Gasteiger partial charge >= 0.3 is 0 Å². The van der Waals surface area contributed by atoms with E-state index in [-0.39, 0.29) is 11.2 Å². The summed E-state index contributed by atoms with van der Waals surface area (Å²) >= 11 is 7.66. The van der Waals surface area contributed by atoms with E-state index in [2.05, 4.69) is 27.4 Å². The number of halogens is 1. The van der Waals surface area contributed by atoms with Gasteiger partial charge in [-0.25, -0.2) is 4.98 Å². The molecule has 30 heavy (non-hydrogen) atoms. The van der Waals surface area contributed by atoms with Crippen LogP contribution in [0.15, 0.2) is 78.9 Å². The number of nitrogens with zero attached hydrogens (tertiary/aromatic N) is 1. The standard InChI is InChI=1S/C24H22ClN3OS/c25-19-12-10-18(11-13-19)24(17-6-2-1-3-7-17)30-16-23(29)26-15-14-22-27-20-8-4-5-9-21(20)28-22/h1-13,24H,14-16H2,(H,26,29)(H,27,28). The number of imidazole rings is 1. The highest BCUT2D eigenvalue weighted by Crippen LogP contribution is 2.35. The Morgan fingerprint density at radius 3 is 2.43 bits per heavy atom. The zero-order valence-electron chi connectivity index (χ0n) is 16.3. The Morgan fingerprint density at radius 2 is 1.67 bits per heavy atom. The molecule has 0 spiro atoms. The second kappa shape index (κ2) is 9.83. The number of aromatic amines is 1. The van der Waals surface area contributed by atoms with E-state index in [9.17, 15) is 4.79 Å². The summed E-state index contributed by atoms with van der Waals surface area (Å²) in [4.78, 5) is 20.3. The lowest BCUT2D eigenvalue weighted by Crippen LogP contribution is -2.27. The maximum Gasteiger partial charge on any atom is 0.230 e. The molecule has 4 aromatic rings. The third-order valence-electron chi connectivity index (χ3n) is 4.78. The van der Waals surface area contributed by atoms with Gasteiger partial charge in [-0.2, -0.15) is 0 Å². The van der Waals surface area contributed by atoms with Crippen molar-refractivity contribution in [3.63, 3.8) is 0 Å². The Balaban J connectivity index is 1.33. The number of fused-ring (bicyclic) bond motifs is 1. The second-order valence-corrected chi connectivity index (χ2v) is 8.48. The van der Waals surface area contributed by atoms with Gasteiger partial charge in [0.1, 0.15) is 5.82 Å². The Labute approximate surface area is 185 Å². The molecule has 0 bridgehead atoms. The van der Waals surface area contributed by atoms with E-state index in [1.165, 1.54) is 5.56 Å². The van der Waals surface area contributed by atoms with Gasteiger partial charge in [0.25, 0.3) is 0 Å². The minimum Gasteiger partial charge on any atom is -0.355 e. The van der Waals surface area contributed by atoms with E-state index in [1.54, 1.807) is 11.8 Å². The van der Waals surface area contributed by atoms with E-state index < -0.39 is 0 Å². The summed E-state index contributed by atoms with van der Waals surface area (Å²) in [5.41, 5.74) is 4.26. The molecule has 1 unspecified atom stereocenters. The second-order valence-electron chi connectivity index (χ2n) is 6.95. The predicted molar refractivity (Wildman–Crippen MR) is 125 cm³/mol. The summed E-state index contributed by atoms with van der Waals surface area (Å²) in [6.45, 7) is 0.552. The number of rotatable bonds is 8. The summed E-state index contributed by atoms with van der Waals surface area (Å²) in [7, 11) is 0. The quantitative estimate of drug-likeness (QED) is 0.389. The molecule has 0 aliphatic heterocycles.